The second kappa shape index (κ2) is 16.6. The average molecular weight is 677 g/mol. The molecule has 1 aromatic heterocycles. The standard InChI is InChI=1S/C31H38F2N6O9/c1-2-47-31(46)38-14-12-37(13-15-38)30(45)21(9-10-27(41)42)36-28(43)22-16-24(19-6-3-4-7-20(19)35-22)48-18-26(40)39-11-5-8-23(39)29(44)34-17-25(32)33/h3-4,6-7,16,21,23,25H,2,5,8-15,17-18H2,1H3,(H,34,44)(H,36,43)(H,41,42)/t21-,23-/m0/s1. The number of aliphatic carboxylic acids is 1. The molecule has 0 unspecified atom stereocenters. The number of ether oxygens (including phenoxy) is 2. The molecule has 0 saturated carbocycles. The second-order valence-electron chi connectivity index (χ2n) is 11.2. The van der Waals surface area contributed by atoms with E-state index in [1.165, 1.54) is 20.8 Å². The maximum Gasteiger partial charge on any atom is 0.409 e. The molecule has 2 aromatic rings. The van der Waals surface area contributed by atoms with E-state index in [-0.39, 0.29) is 57.2 Å². The van der Waals surface area contributed by atoms with Crippen LogP contribution in [0.5, 0.6) is 5.75 Å². The van der Waals surface area contributed by atoms with Crippen LogP contribution in [0.2, 0.25) is 0 Å². The summed E-state index contributed by atoms with van der Waals surface area (Å²) >= 11 is 0. The van der Waals surface area contributed by atoms with Gasteiger partial charge in [0.05, 0.1) is 18.7 Å². The van der Waals surface area contributed by atoms with Crippen molar-refractivity contribution in [2.24, 2.45) is 0 Å². The van der Waals surface area contributed by atoms with Gasteiger partial charge in [-0.15, -0.1) is 0 Å². The van der Waals surface area contributed by atoms with Gasteiger partial charge in [-0.1, -0.05) is 12.1 Å². The number of nitrogens with one attached hydrogen (secondary N) is 2. The van der Waals surface area contributed by atoms with Crippen LogP contribution in [0.1, 0.15) is 43.1 Å². The highest BCUT2D eigenvalue weighted by atomic mass is 19.3. The summed E-state index contributed by atoms with van der Waals surface area (Å²) in [5.74, 6) is -3.60. The minimum absolute atomic E-state index is 0.112. The Kier molecular flexibility index (Phi) is 12.4. The number of carboxylic acid groups (broad SMARTS) is 1. The molecule has 2 fully saturated rings. The molecule has 0 aliphatic carbocycles. The van der Waals surface area contributed by atoms with Crippen LogP contribution in [0.15, 0.2) is 30.3 Å². The molecule has 0 spiro atoms. The van der Waals surface area contributed by atoms with Crippen LogP contribution in [0.25, 0.3) is 10.9 Å². The molecule has 0 bridgehead atoms. The number of halogens is 2. The lowest BCUT2D eigenvalue weighted by atomic mass is 10.1. The zero-order valence-corrected chi connectivity index (χ0v) is 26.4. The molecule has 48 heavy (non-hydrogen) atoms. The van der Waals surface area contributed by atoms with Crippen LogP contribution in [-0.2, 0) is 23.9 Å². The number of nitrogens with zero attached hydrogens (tertiary/aromatic N) is 4. The lowest BCUT2D eigenvalue weighted by molar-refractivity contribution is -0.140. The Hall–Kier alpha value is -5.09. The topological polar surface area (TPSA) is 188 Å². The van der Waals surface area contributed by atoms with Gasteiger partial charge in [0.15, 0.2) is 6.61 Å². The van der Waals surface area contributed by atoms with Gasteiger partial charge in [0.1, 0.15) is 23.5 Å². The second-order valence-corrected chi connectivity index (χ2v) is 11.2. The number of piperazine rings is 1. The highest BCUT2D eigenvalue weighted by Gasteiger charge is 2.35. The fourth-order valence-corrected chi connectivity index (χ4v) is 5.54. The number of likely N-dealkylation sites (tertiary alicyclic amines) is 1. The number of fused-ring (bicyclic) bond motifs is 1. The molecule has 17 heteroatoms. The molecular weight excluding hydrogens is 638 g/mol. The van der Waals surface area contributed by atoms with Crippen LogP contribution in [0.3, 0.4) is 0 Å². The van der Waals surface area contributed by atoms with Crippen molar-refractivity contribution in [1.29, 1.82) is 0 Å². The van der Waals surface area contributed by atoms with E-state index in [4.69, 9.17) is 9.47 Å². The highest BCUT2D eigenvalue weighted by Crippen LogP contribution is 2.26. The van der Waals surface area contributed by atoms with E-state index < -0.39 is 73.8 Å². The van der Waals surface area contributed by atoms with Gasteiger partial charge in [0, 0.05) is 50.6 Å². The van der Waals surface area contributed by atoms with E-state index in [2.05, 4.69) is 15.6 Å². The van der Waals surface area contributed by atoms with Crippen LogP contribution in [-0.4, -0.2) is 131 Å². The summed E-state index contributed by atoms with van der Waals surface area (Å²) in [6, 6.07) is 5.81. The number of aromatic nitrogens is 1. The Bertz CT molecular complexity index is 1520. The first-order valence-electron chi connectivity index (χ1n) is 15.6. The van der Waals surface area contributed by atoms with Gasteiger partial charge in [-0.25, -0.2) is 18.6 Å². The van der Waals surface area contributed by atoms with Gasteiger partial charge in [0.25, 0.3) is 18.2 Å². The number of pyridine rings is 1. The Labute approximate surface area is 274 Å². The third kappa shape index (κ3) is 9.25. The number of hydrogen-bond acceptors (Lipinski definition) is 9. The first-order valence-corrected chi connectivity index (χ1v) is 15.6. The van der Waals surface area contributed by atoms with Crippen LogP contribution >= 0.6 is 0 Å². The molecule has 4 rings (SSSR count). The summed E-state index contributed by atoms with van der Waals surface area (Å²) in [5.41, 5.74) is 0.170. The molecule has 5 amide bonds. The third-order valence-corrected chi connectivity index (χ3v) is 7.94. The Morgan fingerprint density at radius 2 is 1.75 bits per heavy atom. The first kappa shape index (κ1) is 35.8. The van der Waals surface area contributed by atoms with Crippen molar-refractivity contribution < 1.29 is 52.1 Å². The molecule has 15 nitrogen and oxygen atoms in total. The van der Waals surface area contributed by atoms with Crippen molar-refractivity contribution in [3.8, 4) is 5.75 Å². The molecule has 2 atom stereocenters. The van der Waals surface area contributed by atoms with E-state index in [1.807, 2.05) is 0 Å². The summed E-state index contributed by atoms with van der Waals surface area (Å²) in [6.45, 7) is 1.50. The van der Waals surface area contributed by atoms with Crippen molar-refractivity contribution in [2.75, 3.05) is 52.5 Å². The summed E-state index contributed by atoms with van der Waals surface area (Å²) < 4.78 is 36.0. The SMILES string of the molecule is CCOC(=O)N1CCN(C(=O)[C@H](CCC(=O)O)NC(=O)c2cc(OCC(=O)N3CCC[C@H]3C(=O)NCC(F)F)c3ccccc3n2)CC1. The largest absolute Gasteiger partial charge is 0.483 e. The predicted octanol–water partition coefficient (Wildman–Crippen LogP) is 1.25. The van der Waals surface area contributed by atoms with Crippen molar-refractivity contribution in [3.63, 3.8) is 0 Å². The van der Waals surface area contributed by atoms with E-state index in [9.17, 15) is 42.7 Å². The molecule has 2 saturated heterocycles. The molecule has 0 radical (unpaired) electrons. The zero-order valence-electron chi connectivity index (χ0n) is 26.4. The van der Waals surface area contributed by atoms with Gasteiger partial charge in [-0.2, -0.15) is 0 Å². The van der Waals surface area contributed by atoms with Crippen molar-refractivity contribution in [1.82, 2.24) is 30.3 Å². The Balaban J connectivity index is 1.47. The van der Waals surface area contributed by atoms with E-state index in [0.29, 0.717) is 23.7 Å². The number of amides is 5. The molecular formula is C31H38F2N6O9. The molecule has 3 heterocycles. The third-order valence-electron chi connectivity index (χ3n) is 7.94. The smallest absolute Gasteiger partial charge is 0.409 e. The minimum Gasteiger partial charge on any atom is -0.483 e. The number of rotatable bonds is 13. The first-order chi connectivity index (χ1) is 23.0. The predicted molar refractivity (Wildman–Crippen MR) is 164 cm³/mol. The number of alkyl halides is 2. The molecule has 3 N–H and O–H groups in total. The average Bonchev–Trinajstić information content (AvgIpc) is 3.58. The number of carbonyl (C=O) groups excluding carboxylic acids is 5. The van der Waals surface area contributed by atoms with Gasteiger partial charge in [0.2, 0.25) is 11.8 Å². The summed E-state index contributed by atoms with van der Waals surface area (Å²) in [5, 5.41) is 14.5. The molecule has 260 valence electrons. The quantitative estimate of drug-likeness (QED) is 0.279. The number of para-hydroxylation sites is 1. The lowest BCUT2D eigenvalue weighted by Gasteiger charge is -2.35. The maximum atomic E-state index is 13.5. The van der Waals surface area contributed by atoms with Gasteiger partial charge in [-0.05, 0) is 38.3 Å². The zero-order chi connectivity index (χ0) is 34.8. The maximum absolute atomic E-state index is 13.5. The Morgan fingerprint density at radius 3 is 2.44 bits per heavy atom. The van der Waals surface area contributed by atoms with Crippen LogP contribution < -0.4 is 15.4 Å². The lowest BCUT2D eigenvalue weighted by Crippen LogP contribution is -2.56. The van der Waals surface area contributed by atoms with Crippen LogP contribution in [0.4, 0.5) is 13.6 Å². The summed E-state index contributed by atoms with van der Waals surface area (Å²) in [6.07, 6.45) is -3.02. The van der Waals surface area contributed by atoms with Crippen molar-refractivity contribution in [3.05, 3.63) is 36.0 Å². The molecule has 1 aromatic carbocycles. The van der Waals surface area contributed by atoms with Crippen molar-refractivity contribution in [2.45, 2.75) is 51.1 Å². The number of carbonyl (C=O) groups is 6. The fourth-order valence-electron chi connectivity index (χ4n) is 5.54. The molecule has 2 aliphatic heterocycles. The number of hydrogen-bond donors (Lipinski definition) is 3. The van der Waals surface area contributed by atoms with E-state index in [1.54, 1.807) is 31.2 Å². The summed E-state index contributed by atoms with van der Waals surface area (Å²) in [4.78, 5) is 84.3. The summed E-state index contributed by atoms with van der Waals surface area (Å²) in [7, 11) is 0. The fraction of sp³-hybridized carbons (Fsp3) is 0.516. The van der Waals surface area contributed by atoms with Gasteiger partial charge in [-0.3, -0.25) is 24.0 Å². The number of carboxylic acids is 1. The minimum atomic E-state index is -2.73. The monoisotopic (exact) mass is 676 g/mol. The van der Waals surface area contributed by atoms with Crippen LogP contribution in [0, 0.1) is 0 Å². The molecule has 2 aliphatic rings. The van der Waals surface area contributed by atoms with Gasteiger partial charge >= 0.3 is 12.1 Å². The van der Waals surface area contributed by atoms with Gasteiger partial charge < -0.3 is 39.9 Å². The van der Waals surface area contributed by atoms with E-state index >= 15 is 0 Å². The normalized spacial score (nSPS) is 16.8. The van der Waals surface area contributed by atoms with Crippen molar-refractivity contribution >= 4 is 46.6 Å². The highest BCUT2D eigenvalue weighted by molar-refractivity contribution is 5.99. The van der Waals surface area contributed by atoms with E-state index in [0.717, 1.165) is 0 Å². The Morgan fingerprint density at radius 1 is 1.04 bits per heavy atom. The number of benzene rings is 1.